The zero-order valence-electron chi connectivity index (χ0n) is 14.4. The van der Waals surface area contributed by atoms with E-state index in [1.807, 2.05) is 49.4 Å². The number of para-hydroxylation sites is 2. The summed E-state index contributed by atoms with van der Waals surface area (Å²) in [5, 5.41) is 4.04. The van der Waals surface area contributed by atoms with Crippen molar-refractivity contribution in [1.82, 2.24) is 9.55 Å². The molecule has 0 unspecified atom stereocenters. The topological polar surface area (TPSA) is 56.1 Å². The average molecular weight is 365 g/mol. The minimum Gasteiger partial charge on any atom is -0.493 e. The Hall–Kier alpha value is -2.73. The van der Waals surface area contributed by atoms with Crippen LogP contribution in [-0.2, 0) is 6.54 Å². The predicted molar refractivity (Wildman–Crippen MR) is 104 cm³/mol. The van der Waals surface area contributed by atoms with E-state index in [0.29, 0.717) is 17.9 Å². The number of nitrogens with one attached hydrogen (secondary N) is 1. The number of amides is 1. The molecule has 0 radical (unpaired) electrons. The number of benzene rings is 2. The van der Waals surface area contributed by atoms with Crippen molar-refractivity contribution in [1.29, 1.82) is 0 Å². The molecule has 1 amide bonds. The third-order valence-corrected chi connectivity index (χ3v) is 5.16. The molecule has 0 bridgehead atoms. The smallest absolute Gasteiger partial charge is 0.259 e. The van der Waals surface area contributed by atoms with Crippen LogP contribution in [-0.4, -0.2) is 27.8 Å². The fourth-order valence-electron chi connectivity index (χ4n) is 2.98. The summed E-state index contributed by atoms with van der Waals surface area (Å²) in [6.45, 7) is 3.39. The number of hydrogen-bond acceptors (Lipinski definition) is 4. The molecule has 0 aliphatic carbocycles. The Morgan fingerprint density at radius 1 is 1.23 bits per heavy atom. The number of carbonyl (C=O) groups excluding carboxylic acids is 1. The molecular weight excluding hydrogens is 346 g/mol. The molecule has 2 heterocycles. The van der Waals surface area contributed by atoms with Gasteiger partial charge in [-0.1, -0.05) is 42.1 Å². The Labute approximate surface area is 156 Å². The van der Waals surface area contributed by atoms with E-state index >= 15 is 0 Å². The van der Waals surface area contributed by atoms with Gasteiger partial charge in [-0.15, -0.1) is 0 Å². The molecule has 26 heavy (non-hydrogen) atoms. The van der Waals surface area contributed by atoms with E-state index in [9.17, 15) is 4.79 Å². The fourth-order valence-corrected chi connectivity index (χ4v) is 3.92. The first-order chi connectivity index (χ1) is 12.8. The van der Waals surface area contributed by atoms with Gasteiger partial charge in [0.25, 0.3) is 5.91 Å². The SMILES string of the molecule is CCOc1ccccc1C(=O)Nc1ccccc1-c1cn2c(n1)SCC2. The monoisotopic (exact) mass is 365 g/mol. The third-order valence-electron chi connectivity index (χ3n) is 4.19. The second-order valence-electron chi connectivity index (χ2n) is 5.88. The van der Waals surface area contributed by atoms with Crippen molar-refractivity contribution in [3.8, 4) is 17.0 Å². The standard InChI is InChI=1S/C20H19N3O2S/c1-2-25-18-10-6-4-8-15(18)19(24)21-16-9-5-3-7-14(16)17-13-23-11-12-26-20(23)22-17/h3-10,13H,2,11-12H2,1H3,(H,21,24). The maximum Gasteiger partial charge on any atom is 0.259 e. The normalized spacial score (nSPS) is 12.7. The number of imidazole rings is 1. The molecule has 1 aliphatic rings. The van der Waals surface area contributed by atoms with Crippen LogP contribution < -0.4 is 10.1 Å². The Bertz CT molecular complexity index is 930. The largest absolute Gasteiger partial charge is 0.493 e. The summed E-state index contributed by atoms with van der Waals surface area (Å²) in [4.78, 5) is 17.5. The quantitative estimate of drug-likeness (QED) is 0.732. The lowest BCUT2D eigenvalue weighted by molar-refractivity contribution is 0.102. The van der Waals surface area contributed by atoms with Crippen LogP contribution in [0.4, 0.5) is 5.69 Å². The van der Waals surface area contributed by atoms with E-state index in [1.54, 1.807) is 17.8 Å². The van der Waals surface area contributed by atoms with Crippen molar-refractivity contribution in [3.63, 3.8) is 0 Å². The van der Waals surface area contributed by atoms with Gasteiger partial charge in [0, 0.05) is 24.1 Å². The highest BCUT2D eigenvalue weighted by Gasteiger charge is 2.18. The molecule has 4 rings (SSSR count). The molecule has 1 N–H and O–H groups in total. The lowest BCUT2D eigenvalue weighted by atomic mass is 10.1. The van der Waals surface area contributed by atoms with Gasteiger partial charge in [0.15, 0.2) is 5.16 Å². The van der Waals surface area contributed by atoms with E-state index < -0.39 is 0 Å². The minimum atomic E-state index is -0.192. The summed E-state index contributed by atoms with van der Waals surface area (Å²) in [6, 6.07) is 15.0. The zero-order chi connectivity index (χ0) is 17.9. The van der Waals surface area contributed by atoms with Crippen molar-refractivity contribution >= 4 is 23.4 Å². The van der Waals surface area contributed by atoms with Crippen LogP contribution in [0.3, 0.4) is 0 Å². The fraction of sp³-hybridized carbons (Fsp3) is 0.200. The first-order valence-electron chi connectivity index (χ1n) is 8.59. The summed E-state index contributed by atoms with van der Waals surface area (Å²) in [6.07, 6.45) is 2.05. The maximum atomic E-state index is 12.8. The second-order valence-corrected chi connectivity index (χ2v) is 6.94. The predicted octanol–water partition coefficient (Wildman–Crippen LogP) is 4.31. The summed E-state index contributed by atoms with van der Waals surface area (Å²) < 4.78 is 7.73. The number of ether oxygens (including phenoxy) is 1. The Kier molecular flexibility index (Phi) is 4.67. The van der Waals surface area contributed by atoms with Gasteiger partial charge >= 0.3 is 0 Å². The zero-order valence-corrected chi connectivity index (χ0v) is 15.3. The molecule has 5 nitrogen and oxygen atoms in total. The highest BCUT2D eigenvalue weighted by Crippen LogP contribution is 2.33. The van der Waals surface area contributed by atoms with Crippen molar-refractivity contribution in [2.45, 2.75) is 18.6 Å². The van der Waals surface area contributed by atoms with Crippen LogP contribution >= 0.6 is 11.8 Å². The number of aromatic nitrogens is 2. The van der Waals surface area contributed by atoms with E-state index in [1.165, 1.54) is 0 Å². The van der Waals surface area contributed by atoms with Crippen LogP contribution in [0.5, 0.6) is 5.75 Å². The second kappa shape index (κ2) is 7.25. The van der Waals surface area contributed by atoms with Crippen LogP contribution in [0.15, 0.2) is 59.9 Å². The number of hydrogen-bond donors (Lipinski definition) is 1. The van der Waals surface area contributed by atoms with Crippen molar-refractivity contribution in [2.24, 2.45) is 0 Å². The third kappa shape index (κ3) is 3.20. The van der Waals surface area contributed by atoms with E-state index in [4.69, 9.17) is 9.72 Å². The van der Waals surface area contributed by atoms with Gasteiger partial charge in [-0.05, 0) is 25.1 Å². The van der Waals surface area contributed by atoms with Gasteiger partial charge in [-0.25, -0.2) is 4.98 Å². The van der Waals surface area contributed by atoms with Gasteiger partial charge < -0.3 is 14.6 Å². The molecule has 3 aromatic rings. The molecule has 0 atom stereocenters. The molecule has 0 saturated carbocycles. The summed E-state index contributed by atoms with van der Waals surface area (Å²) in [5.41, 5.74) is 3.05. The molecule has 1 aromatic heterocycles. The summed E-state index contributed by atoms with van der Waals surface area (Å²) in [7, 11) is 0. The van der Waals surface area contributed by atoms with E-state index in [0.717, 1.165) is 34.4 Å². The van der Waals surface area contributed by atoms with Gasteiger partial charge in [-0.2, -0.15) is 0 Å². The summed E-state index contributed by atoms with van der Waals surface area (Å²) >= 11 is 1.76. The number of aryl methyl sites for hydroxylation is 1. The number of nitrogens with zero attached hydrogens (tertiary/aromatic N) is 2. The van der Waals surface area contributed by atoms with Crippen LogP contribution in [0, 0.1) is 0 Å². The van der Waals surface area contributed by atoms with Crippen molar-refractivity contribution in [2.75, 3.05) is 17.7 Å². The highest BCUT2D eigenvalue weighted by atomic mass is 32.2. The Balaban J connectivity index is 1.64. The molecule has 2 aromatic carbocycles. The number of anilines is 1. The van der Waals surface area contributed by atoms with E-state index in [-0.39, 0.29) is 5.91 Å². The number of rotatable bonds is 5. The minimum absolute atomic E-state index is 0.192. The van der Waals surface area contributed by atoms with Crippen LogP contribution in [0.1, 0.15) is 17.3 Å². The van der Waals surface area contributed by atoms with Gasteiger partial charge in [-0.3, -0.25) is 4.79 Å². The van der Waals surface area contributed by atoms with Crippen LogP contribution in [0.2, 0.25) is 0 Å². The average Bonchev–Trinajstić information content (AvgIpc) is 3.25. The highest BCUT2D eigenvalue weighted by molar-refractivity contribution is 7.99. The molecule has 1 aliphatic heterocycles. The molecule has 132 valence electrons. The van der Waals surface area contributed by atoms with Crippen molar-refractivity contribution in [3.05, 3.63) is 60.3 Å². The number of fused-ring (bicyclic) bond motifs is 1. The summed E-state index contributed by atoms with van der Waals surface area (Å²) in [5.74, 6) is 1.46. The molecular formula is C20H19N3O2S. The molecule has 6 heteroatoms. The van der Waals surface area contributed by atoms with Gasteiger partial charge in [0.1, 0.15) is 5.75 Å². The van der Waals surface area contributed by atoms with Gasteiger partial charge in [0.05, 0.1) is 23.6 Å². The number of carbonyl (C=O) groups is 1. The first-order valence-corrected chi connectivity index (χ1v) is 9.57. The molecule has 0 spiro atoms. The maximum absolute atomic E-state index is 12.8. The molecule has 0 fully saturated rings. The van der Waals surface area contributed by atoms with E-state index in [2.05, 4.69) is 16.1 Å². The number of thioether (sulfide) groups is 1. The lowest BCUT2D eigenvalue weighted by Gasteiger charge is -2.12. The lowest BCUT2D eigenvalue weighted by Crippen LogP contribution is -2.14. The Morgan fingerprint density at radius 3 is 2.88 bits per heavy atom. The first kappa shape index (κ1) is 16.7. The van der Waals surface area contributed by atoms with Crippen LogP contribution in [0.25, 0.3) is 11.3 Å². The van der Waals surface area contributed by atoms with Gasteiger partial charge in [0.2, 0.25) is 0 Å². The van der Waals surface area contributed by atoms with Crippen molar-refractivity contribution < 1.29 is 9.53 Å². The molecule has 0 saturated heterocycles. The Morgan fingerprint density at radius 2 is 2.04 bits per heavy atom.